The van der Waals surface area contributed by atoms with Crippen molar-refractivity contribution in [3.63, 3.8) is 0 Å². The molecule has 1 atom stereocenters. The molecule has 0 saturated carbocycles. The molecule has 1 unspecified atom stereocenters. The fraction of sp³-hybridized carbons (Fsp3) is 0.200. The lowest BCUT2D eigenvalue weighted by Crippen LogP contribution is -2.29. The Morgan fingerprint density at radius 1 is 1.15 bits per heavy atom. The molecular formula is C25H20BrNO6. The molecule has 5 rings (SSSR count). The molecule has 0 fully saturated rings. The highest BCUT2D eigenvalue weighted by Gasteiger charge is 2.43. The van der Waals surface area contributed by atoms with E-state index in [0.29, 0.717) is 26.8 Å². The lowest BCUT2D eigenvalue weighted by atomic mass is 9.97. The highest BCUT2D eigenvalue weighted by Crippen LogP contribution is 2.44. The van der Waals surface area contributed by atoms with Gasteiger partial charge in [0.05, 0.1) is 41.4 Å². The van der Waals surface area contributed by atoms with Crippen LogP contribution in [-0.4, -0.2) is 23.0 Å². The Morgan fingerprint density at radius 3 is 2.61 bits per heavy atom. The fourth-order valence-electron chi connectivity index (χ4n) is 4.26. The van der Waals surface area contributed by atoms with Crippen molar-refractivity contribution in [3.05, 3.63) is 91.1 Å². The standard InChI is InChI=1S/C25H20BrNO6/c1-12-7-16-18(8-13(12)2)33-24-20(22(16)28)21(14-9-17(26)23(29)19(10-14)31-3)27(25(24)30)11-15-5-4-6-32-15/h4-10,21,29H,11H2,1-3H3. The lowest BCUT2D eigenvalue weighted by molar-refractivity contribution is 0.0701. The lowest BCUT2D eigenvalue weighted by Gasteiger charge is -2.25. The number of aromatic hydroxyl groups is 1. The van der Waals surface area contributed by atoms with Crippen LogP contribution in [0, 0.1) is 13.8 Å². The summed E-state index contributed by atoms with van der Waals surface area (Å²) in [5.41, 5.74) is 2.87. The minimum absolute atomic E-state index is 0.00970. The molecule has 1 amide bonds. The van der Waals surface area contributed by atoms with Crippen molar-refractivity contribution >= 4 is 32.8 Å². The third-order valence-electron chi connectivity index (χ3n) is 6.07. The van der Waals surface area contributed by atoms with Gasteiger partial charge in [-0.05, 0) is 82.9 Å². The molecule has 2 aromatic heterocycles. The van der Waals surface area contributed by atoms with Crippen molar-refractivity contribution in [1.29, 1.82) is 0 Å². The second kappa shape index (κ2) is 7.81. The van der Waals surface area contributed by atoms with Crippen molar-refractivity contribution in [2.75, 3.05) is 7.11 Å². The number of hydrogen-bond acceptors (Lipinski definition) is 6. The number of ether oxygens (including phenoxy) is 1. The Kier molecular flexibility index (Phi) is 5.05. The van der Waals surface area contributed by atoms with Gasteiger partial charge >= 0.3 is 0 Å². The molecular weight excluding hydrogens is 490 g/mol. The number of carbonyl (C=O) groups excluding carboxylic acids is 1. The number of halogens is 1. The first-order chi connectivity index (χ1) is 15.8. The third kappa shape index (κ3) is 3.33. The van der Waals surface area contributed by atoms with Crippen molar-refractivity contribution in [3.8, 4) is 11.5 Å². The van der Waals surface area contributed by atoms with E-state index < -0.39 is 11.9 Å². The summed E-state index contributed by atoms with van der Waals surface area (Å²) in [7, 11) is 1.44. The van der Waals surface area contributed by atoms with E-state index in [4.69, 9.17) is 13.6 Å². The summed E-state index contributed by atoms with van der Waals surface area (Å²) in [4.78, 5) is 28.8. The summed E-state index contributed by atoms with van der Waals surface area (Å²) in [5.74, 6) is 0.312. The molecule has 3 heterocycles. The quantitative estimate of drug-likeness (QED) is 0.405. The van der Waals surface area contributed by atoms with E-state index in [9.17, 15) is 14.7 Å². The predicted octanol–water partition coefficient (Wildman–Crippen LogP) is 5.22. The van der Waals surface area contributed by atoms with E-state index in [1.165, 1.54) is 18.3 Å². The number of phenolic OH excluding ortho intramolecular Hbond substituents is 1. The average Bonchev–Trinajstić information content (AvgIpc) is 3.39. The van der Waals surface area contributed by atoms with Crippen LogP contribution in [0.15, 0.2) is 60.8 Å². The van der Waals surface area contributed by atoms with E-state index in [1.54, 1.807) is 36.4 Å². The number of methoxy groups -OCH3 is 1. The van der Waals surface area contributed by atoms with Crippen LogP contribution in [0.5, 0.6) is 11.5 Å². The summed E-state index contributed by atoms with van der Waals surface area (Å²) in [6.07, 6.45) is 1.53. The molecule has 1 aliphatic heterocycles. The van der Waals surface area contributed by atoms with E-state index in [2.05, 4.69) is 15.9 Å². The Balaban J connectivity index is 1.79. The van der Waals surface area contributed by atoms with Gasteiger partial charge in [0, 0.05) is 0 Å². The highest BCUT2D eigenvalue weighted by atomic mass is 79.9. The molecule has 2 aromatic carbocycles. The topological polar surface area (TPSA) is 93.1 Å². The molecule has 1 aliphatic rings. The molecule has 0 saturated heterocycles. The Labute approximate surface area is 197 Å². The number of aryl methyl sites for hydroxylation is 2. The zero-order valence-electron chi connectivity index (χ0n) is 18.1. The summed E-state index contributed by atoms with van der Waals surface area (Å²) in [5, 5.41) is 10.7. The van der Waals surface area contributed by atoms with Crippen molar-refractivity contribution < 1.29 is 23.5 Å². The molecule has 8 heteroatoms. The van der Waals surface area contributed by atoms with E-state index in [0.717, 1.165) is 11.1 Å². The summed E-state index contributed by atoms with van der Waals surface area (Å²) >= 11 is 3.34. The van der Waals surface area contributed by atoms with Gasteiger partial charge in [-0.25, -0.2) is 0 Å². The zero-order valence-corrected chi connectivity index (χ0v) is 19.7. The van der Waals surface area contributed by atoms with Crippen molar-refractivity contribution in [2.24, 2.45) is 0 Å². The number of fused-ring (bicyclic) bond motifs is 2. The molecule has 0 radical (unpaired) electrons. The van der Waals surface area contributed by atoms with E-state index >= 15 is 0 Å². The van der Waals surface area contributed by atoms with Gasteiger partial charge in [0.2, 0.25) is 5.76 Å². The molecule has 0 spiro atoms. The van der Waals surface area contributed by atoms with Crippen molar-refractivity contribution in [1.82, 2.24) is 4.90 Å². The minimum atomic E-state index is -0.759. The number of benzene rings is 2. The smallest absolute Gasteiger partial charge is 0.291 e. The van der Waals surface area contributed by atoms with Crippen LogP contribution in [0.3, 0.4) is 0 Å². The Morgan fingerprint density at radius 2 is 1.91 bits per heavy atom. The summed E-state index contributed by atoms with van der Waals surface area (Å²) < 4.78 is 17.2. The van der Waals surface area contributed by atoms with Crippen LogP contribution in [-0.2, 0) is 6.54 Å². The maximum Gasteiger partial charge on any atom is 0.291 e. The average molecular weight is 510 g/mol. The first-order valence-electron chi connectivity index (χ1n) is 10.3. The number of rotatable bonds is 4. The molecule has 168 valence electrons. The number of furan rings is 1. The number of phenols is 1. The maximum atomic E-state index is 13.7. The second-order valence-electron chi connectivity index (χ2n) is 8.08. The van der Waals surface area contributed by atoms with Gasteiger partial charge in [-0.1, -0.05) is 0 Å². The van der Waals surface area contributed by atoms with Crippen molar-refractivity contribution in [2.45, 2.75) is 26.4 Å². The highest BCUT2D eigenvalue weighted by molar-refractivity contribution is 9.10. The number of amides is 1. The van der Waals surface area contributed by atoms with E-state index in [1.807, 2.05) is 13.8 Å². The normalized spacial score (nSPS) is 15.3. The van der Waals surface area contributed by atoms with Crippen LogP contribution in [0.25, 0.3) is 11.0 Å². The van der Waals surface area contributed by atoms with Gasteiger partial charge in [-0.15, -0.1) is 0 Å². The summed E-state index contributed by atoms with van der Waals surface area (Å²) in [6.45, 7) is 3.99. The number of carbonyl (C=O) groups is 1. The molecule has 0 bridgehead atoms. The van der Waals surface area contributed by atoms with Crippen LogP contribution in [0.4, 0.5) is 0 Å². The molecule has 33 heavy (non-hydrogen) atoms. The minimum Gasteiger partial charge on any atom is -0.503 e. The predicted molar refractivity (Wildman–Crippen MR) is 125 cm³/mol. The molecule has 7 nitrogen and oxygen atoms in total. The Bertz CT molecular complexity index is 1470. The monoisotopic (exact) mass is 509 g/mol. The first-order valence-corrected chi connectivity index (χ1v) is 11.1. The van der Waals surface area contributed by atoms with E-state index in [-0.39, 0.29) is 34.8 Å². The molecule has 4 aromatic rings. The van der Waals surface area contributed by atoms with Gasteiger partial charge in [0.15, 0.2) is 16.9 Å². The fourth-order valence-corrected chi connectivity index (χ4v) is 4.72. The van der Waals surface area contributed by atoms with Crippen LogP contribution < -0.4 is 10.2 Å². The molecule has 0 aliphatic carbocycles. The van der Waals surface area contributed by atoms with Gasteiger partial charge < -0.3 is 23.6 Å². The van der Waals surface area contributed by atoms with Gasteiger partial charge in [0.1, 0.15) is 11.3 Å². The summed E-state index contributed by atoms with van der Waals surface area (Å²) in [6, 6.07) is 9.60. The van der Waals surface area contributed by atoms with Gasteiger partial charge in [-0.2, -0.15) is 0 Å². The SMILES string of the molecule is COc1cc(C2c3c(oc4cc(C)c(C)cc4c3=O)C(=O)N2Cc2ccco2)cc(Br)c1O. The van der Waals surface area contributed by atoms with Gasteiger partial charge in [0.25, 0.3) is 5.91 Å². The van der Waals surface area contributed by atoms with Crippen LogP contribution in [0.1, 0.15) is 44.6 Å². The molecule has 1 N–H and O–H groups in total. The maximum absolute atomic E-state index is 13.7. The Hall–Kier alpha value is -3.52. The first kappa shape index (κ1) is 21.3. The largest absolute Gasteiger partial charge is 0.503 e. The van der Waals surface area contributed by atoms with Crippen LogP contribution >= 0.6 is 15.9 Å². The number of nitrogens with zero attached hydrogens (tertiary/aromatic N) is 1. The third-order valence-corrected chi connectivity index (χ3v) is 6.68. The van der Waals surface area contributed by atoms with Crippen LogP contribution in [0.2, 0.25) is 0 Å². The van der Waals surface area contributed by atoms with Gasteiger partial charge in [-0.3, -0.25) is 9.59 Å². The second-order valence-corrected chi connectivity index (χ2v) is 8.93. The number of hydrogen-bond donors (Lipinski definition) is 1. The zero-order chi connectivity index (χ0) is 23.4.